The molecule has 1 atom stereocenters. The van der Waals surface area contributed by atoms with Crippen LogP contribution in [0.25, 0.3) is 0 Å². The summed E-state index contributed by atoms with van der Waals surface area (Å²) in [7, 11) is 1.68. The first-order valence-electron chi connectivity index (χ1n) is 9.99. The minimum Gasteiger partial charge on any atom is -0.496 e. The third-order valence-corrected chi connectivity index (χ3v) is 5.91. The van der Waals surface area contributed by atoms with Gasteiger partial charge in [-0.2, -0.15) is 0 Å². The van der Waals surface area contributed by atoms with Crippen molar-refractivity contribution in [2.75, 3.05) is 39.8 Å². The number of ether oxygens (including phenoxy) is 1. The topological polar surface area (TPSA) is 44.8 Å². The molecule has 26 heavy (non-hydrogen) atoms. The standard InChI is InChI=1S/C21H33N3O2/c1-16-14-19(8-9-20(16)26-3)17(2)22-21(25)24-12-10-23(11-13-24)15-18-6-4-5-7-18/h8-9,14,17-18H,4-7,10-13,15H2,1-3H3,(H,22,25). The summed E-state index contributed by atoms with van der Waals surface area (Å²) in [4.78, 5) is 17.1. The number of rotatable bonds is 5. The molecule has 1 heterocycles. The fourth-order valence-electron chi connectivity index (χ4n) is 4.22. The highest BCUT2D eigenvalue weighted by molar-refractivity contribution is 5.74. The second kappa shape index (κ2) is 8.76. The molecule has 1 saturated heterocycles. The summed E-state index contributed by atoms with van der Waals surface area (Å²) >= 11 is 0. The molecular formula is C21H33N3O2. The van der Waals surface area contributed by atoms with Gasteiger partial charge in [-0.3, -0.25) is 4.90 Å². The number of piperazine rings is 1. The van der Waals surface area contributed by atoms with Gasteiger partial charge in [0, 0.05) is 32.7 Å². The fourth-order valence-corrected chi connectivity index (χ4v) is 4.22. The van der Waals surface area contributed by atoms with Crippen molar-refractivity contribution >= 4 is 6.03 Å². The van der Waals surface area contributed by atoms with Crippen LogP contribution in [0, 0.1) is 12.8 Å². The lowest BCUT2D eigenvalue weighted by molar-refractivity contribution is 0.126. The molecule has 5 nitrogen and oxygen atoms in total. The van der Waals surface area contributed by atoms with Crippen molar-refractivity contribution in [2.24, 2.45) is 5.92 Å². The number of aryl methyl sites for hydroxylation is 1. The van der Waals surface area contributed by atoms with Crippen LogP contribution in [0.1, 0.15) is 49.8 Å². The number of nitrogens with one attached hydrogen (secondary N) is 1. The number of carbonyl (C=O) groups is 1. The highest BCUT2D eigenvalue weighted by Crippen LogP contribution is 2.26. The molecule has 1 aliphatic heterocycles. The lowest BCUT2D eigenvalue weighted by atomic mass is 10.1. The molecule has 1 unspecified atom stereocenters. The molecule has 0 spiro atoms. The van der Waals surface area contributed by atoms with Gasteiger partial charge in [0.05, 0.1) is 13.2 Å². The monoisotopic (exact) mass is 359 g/mol. The zero-order valence-corrected chi connectivity index (χ0v) is 16.5. The maximum Gasteiger partial charge on any atom is 0.317 e. The molecule has 5 heteroatoms. The van der Waals surface area contributed by atoms with E-state index in [1.165, 1.54) is 32.2 Å². The van der Waals surface area contributed by atoms with Gasteiger partial charge >= 0.3 is 6.03 Å². The van der Waals surface area contributed by atoms with Gasteiger partial charge in [-0.1, -0.05) is 25.0 Å². The number of urea groups is 1. The number of carbonyl (C=O) groups excluding carboxylic acids is 1. The van der Waals surface area contributed by atoms with Gasteiger partial charge in [-0.05, 0) is 49.8 Å². The highest BCUT2D eigenvalue weighted by Gasteiger charge is 2.25. The minimum absolute atomic E-state index is 0.0105. The molecular weight excluding hydrogens is 326 g/mol. The molecule has 1 aliphatic carbocycles. The average Bonchev–Trinajstić information content (AvgIpc) is 3.15. The Labute approximate surface area is 157 Å². The summed E-state index contributed by atoms with van der Waals surface area (Å²) in [5.74, 6) is 1.76. The Kier molecular flexibility index (Phi) is 6.41. The van der Waals surface area contributed by atoms with Crippen LogP contribution in [0.2, 0.25) is 0 Å². The summed E-state index contributed by atoms with van der Waals surface area (Å²) in [5.41, 5.74) is 2.20. The first kappa shape index (κ1) is 19.0. The van der Waals surface area contributed by atoms with Gasteiger partial charge in [0.2, 0.25) is 0 Å². The molecule has 1 N–H and O–H groups in total. The number of hydrogen-bond donors (Lipinski definition) is 1. The van der Waals surface area contributed by atoms with Crippen molar-refractivity contribution in [1.29, 1.82) is 0 Å². The van der Waals surface area contributed by atoms with Gasteiger partial charge in [0.1, 0.15) is 5.75 Å². The number of hydrogen-bond acceptors (Lipinski definition) is 3. The van der Waals surface area contributed by atoms with Gasteiger partial charge < -0.3 is 15.0 Å². The molecule has 1 aromatic rings. The number of amides is 2. The van der Waals surface area contributed by atoms with Crippen molar-refractivity contribution in [1.82, 2.24) is 15.1 Å². The minimum atomic E-state index is -0.0105. The van der Waals surface area contributed by atoms with Gasteiger partial charge in [0.15, 0.2) is 0 Å². The second-order valence-corrected chi connectivity index (χ2v) is 7.84. The molecule has 0 bridgehead atoms. The normalized spacial score (nSPS) is 20.2. The van der Waals surface area contributed by atoms with E-state index >= 15 is 0 Å². The average molecular weight is 360 g/mol. The highest BCUT2D eigenvalue weighted by atomic mass is 16.5. The SMILES string of the molecule is COc1ccc(C(C)NC(=O)N2CCN(CC3CCCC3)CC2)cc1C. The third kappa shape index (κ3) is 4.70. The van der Waals surface area contributed by atoms with E-state index in [1.54, 1.807) is 7.11 Å². The molecule has 0 radical (unpaired) electrons. The van der Waals surface area contributed by atoms with Crippen molar-refractivity contribution in [3.05, 3.63) is 29.3 Å². The van der Waals surface area contributed by atoms with Gasteiger partial charge in [-0.15, -0.1) is 0 Å². The van der Waals surface area contributed by atoms with E-state index in [9.17, 15) is 4.79 Å². The summed E-state index contributed by atoms with van der Waals surface area (Å²) in [6.07, 6.45) is 5.57. The molecule has 0 aromatic heterocycles. The van der Waals surface area contributed by atoms with Gasteiger partial charge in [0.25, 0.3) is 0 Å². The third-order valence-electron chi connectivity index (χ3n) is 5.91. The molecule has 2 fully saturated rings. The lowest BCUT2D eigenvalue weighted by Crippen LogP contribution is -2.52. The Morgan fingerprint density at radius 2 is 1.92 bits per heavy atom. The van der Waals surface area contributed by atoms with E-state index in [4.69, 9.17) is 4.74 Å². The predicted octanol–water partition coefficient (Wildman–Crippen LogP) is 3.58. The van der Waals surface area contributed by atoms with Crippen LogP contribution in [-0.4, -0.2) is 55.7 Å². The molecule has 1 aromatic carbocycles. The molecule has 3 rings (SSSR count). The van der Waals surface area contributed by atoms with Crippen LogP contribution >= 0.6 is 0 Å². The van der Waals surface area contributed by atoms with E-state index in [1.807, 2.05) is 30.9 Å². The zero-order chi connectivity index (χ0) is 18.5. The number of methoxy groups -OCH3 is 1. The quantitative estimate of drug-likeness (QED) is 0.874. The second-order valence-electron chi connectivity index (χ2n) is 7.84. The van der Waals surface area contributed by atoms with Crippen LogP contribution in [0.5, 0.6) is 5.75 Å². The maximum atomic E-state index is 12.6. The summed E-state index contributed by atoms with van der Waals surface area (Å²) in [5, 5.41) is 3.15. The summed E-state index contributed by atoms with van der Waals surface area (Å²) < 4.78 is 5.31. The Hall–Kier alpha value is -1.75. The van der Waals surface area contributed by atoms with E-state index in [0.717, 1.165) is 49.0 Å². The summed E-state index contributed by atoms with van der Waals surface area (Å²) in [6.45, 7) is 8.94. The number of nitrogens with zero attached hydrogens (tertiary/aromatic N) is 2. The molecule has 144 valence electrons. The zero-order valence-electron chi connectivity index (χ0n) is 16.5. The number of benzene rings is 1. The fraction of sp³-hybridized carbons (Fsp3) is 0.667. The van der Waals surface area contributed by atoms with Crippen molar-refractivity contribution < 1.29 is 9.53 Å². The Balaban J connectivity index is 1.46. The molecule has 2 amide bonds. The first-order valence-corrected chi connectivity index (χ1v) is 9.99. The van der Waals surface area contributed by atoms with Crippen molar-refractivity contribution in [3.8, 4) is 5.75 Å². The smallest absolute Gasteiger partial charge is 0.317 e. The van der Waals surface area contributed by atoms with Crippen LogP contribution in [0.3, 0.4) is 0 Å². The van der Waals surface area contributed by atoms with Crippen LogP contribution < -0.4 is 10.1 Å². The van der Waals surface area contributed by atoms with E-state index < -0.39 is 0 Å². The van der Waals surface area contributed by atoms with E-state index in [2.05, 4.69) is 16.3 Å². The van der Waals surface area contributed by atoms with Gasteiger partial charge in [-0.25, -0.2) is 4.79 Å². The van der Waals surface area contributed by atoms with E-state index in [-0.39, 0.29) is 12.1 Å². The van der Waals surface area contributed by atoms with Crippen molar-refractivity contribution in [3.63, 3.8) is 0 Å². The predicted molar refractivity (Wildman–Crippen MR) is 105 cm³/mol. The van der Waals surface area contributed by atoms with Crippen LogP contribution in [0.15, 0.2) is 18.2 Å². The van der Waals surface area contributed by atoms with Crippen molar-refractivity contribution in [2.45, 2.75) is 45.6 Å². The lowest BCUT2D eigenvalue weighted by Gasteiger charge is -2.36. The Morgan fingerprint density at radius 1 is 1.23 bits per heavy atom. The van der Waals surface area contributed by atoms with Crippen LogP contribution in [0.4, 0.5) is 4.79 Å². The largest absolute Gasteiger partial charge is 0.496 e. The van der Waals surface area contributed by atoms with Crippen LogP contribution in [-0.2, 0) is 0 Å². The first-order chi connectivity index (χ1) is 12.6. The Bertz CT molecular complexity index is 605. The summed E-state index contributed by atoms with van der Waals surface area (Å²) in [6, 6.07) is 6.12. The molecule has 2 aliphatic rings. The van der Waals surface area contributed by atoms with E-state index in [0.29, 0.717) is 0 Å². The Morgan fingerprint density at radius 3 is 2.54 bits per heavy atom. The maximum absolute atomic E-state index is 12.6. The molecule has 1 saturated carbocycles.